The van der Waals surface area contributed by atoms with Crippen LogP contribution in [0.4, 0.5) is 10.1 Å². The van der Waals surface area contributed by atoms with Crippen molar-refractivity contribution >= 4 is 23.1 Å². The molecule has 0 bridgehead atoms. The first-order valence-corrected chi connectivity index (χ1v) is 7.92. The van der Waals surface area contributed by atoms with Crippen molar-refractivity contribution in [3.63, 3.8) is 0 Å². The first-order valence-electron chi connectivity index (χ1n) is 7.92. The minimum atomic E-state index is -1.30. The van der Waals surface area contributed by atoms with Crippen molar-refractivity contribution in [2.45, 2.75) is 13.5 Å². The molecule has 130 valence electrons. The predicted octanol–water partition coefficient (Wildman–Crippen LogP) is 3.23. The highest BCUT2D eigenvalue weighted by Crippen LogP contribution is 2.41. The second-order valence-corrected chi connectivity index (χ2v) is 6.43. The van der Waals surface area contributed by atoms with E-state index in [1.54, 1.807) is 38.2 Å². The highest BCUT2D eigenvalue weighted by Gasteiger charge is 2.46. The van der Waals surface area contributed by atoms with Gasteiger partial charge in [-0.25, -0.2) is 18.5 Å². The van der Waals surface area contributed by atoms with E-state index in [2.05, 4.69) is 0 Å². The van der Waals surface area contributed by atoms with E-state index in [0.717, 1.165) is 0 Å². The zero-order valence-electron chi connectivity index (χ0n) is 14.3. The zero-order valence-corrected chi connectivity index (χ0v) is 14.3. The molecule has 1 atom stereocenters. The average Bonchev–Trinajstić information content (AvgIpc) is 2.59. The van der Waals surface area contributed by atoms with Gasteiger partial charge in [-0.2, -0.15) is 5.26 Å². The van der Waals surface area contributed by atoms with E-state index in [0.29, 0.717) is 28.0 Å². The number of benzene rings is 2. The molecule has 6 heteroatoms. The van der Waals surface area contributed by atoms with Crippen LogP contribution in [-0.2, 0) is 16.1 Å². The van der Waals surface area contributed by atoms with Crippen molar-refractivity contribution in [3.05, 3.63) is 70.5 Å². The fourth-order valence-electron chi connectivity index (χ4n) is 3.39. The number of nitrogens with zero attached hydrogens (tertiary/aromatic N) is 2. The van der Waals surface area contributed by atoms with Crippen LogP contribution < -0.4 is 4.48 Å². The third-order valence-electron chi connectivity index (χ3n) is 4.70. The molecule has 0 saturated heterocycles. The number of allylic oxidation sites excluding steroid dienone is 1. The number of carboxylic acid groups (broad SMARTS) is 1. The van der Waals surface area contributed by atoms with E-state index < -0.39 is 17.7 Å². The van der Waals surface area contributed by atoms with Gasteiger partial charge in [-0.15, -0.1) is 0 Å². The Kier molecular flexibility index (Phi) is 4.18. The second kappa shape index (κ2) is 6.21. The zero-order chi connectivity index (χ0) is 19.1. The number of carboxylic acids is 1. The number of rotatable bonds is 3. The molecule has 5 nitrogen and oxygen atoms in total. The van der Waals surface area contributed by atoms with Crippen molar-refractivity contribution in [2.24, 2.45) is 0 Å². The summed E-state index contributed by atoms with van der Waals surface area (Å²) in [6.45, 7) is 1.65. The van der Waals surface area contributed by atoms with Gasteiger partial charge in [-0.1, -0.05) is 12.1 Å². The van der Waals surface area contributed by atoms with Gasteiger partial charge < -0.3 is 5.11 Å². The fraction of sp³-hybridized carbons (Fsp3) is 0.150. The average molecular weight is 351 g/mol. The third kappa shape index (κ3) is 2.68. The molecule has 0 saturated carbocycles. The molecular formula is C20H16FN2O3+. The molecule has 0 spiro atoms. The molecule has 3 rings (SSSR count). The second-order valence-electron chi connectivity index (χ2n) is 6.43. The van der Waals surface area contributed by atoms with Gasteiger partial charge >= 0.3 is 11.9 Å². The normalized spacial score (nSPS) is 19.1. The maximum absolute atomic E-state index is 13.6. The Morgan fingerprint density at radius 1 is 1.27 bits per heavy atom. The quantitative estimate of drug-likeness (QED) is 0.680. The van der Waals surface area contributed by atoms with Crippen LogP contribution in [0.15, 0.2) is 48.0 Å². The maximum atomic E-state index is 13.6. The molecule has 2 aromatic carbocycles. The standard InChI is InChI=1S/C20H15FN2O3/c1-12-16-7-6-13(10-22)9-17(16)23(2,19(24)18(12)20(25)26)11-14-4-3-5-15(21)8-14/h3-9H,11H2,1-2H3/p+1. The third-order valence-corrected chi connectivity index (χ3v) is 4.70. The summed E-state index contributed by atoms with van der Waals surface area (Å²) in [5, 5.41) is 18.8. The molecule has 1 unspecified atom stereocenters. The summed E-state index contributed by atoms with van der Waals surface area (Å²) in [5.41, 5.74) is 2.11. The van der Waals surface area contributed by atoms with Gasteiger partial charge in [-0.05, 0) is 36.8 Å². The largest absolute Gasteiger partial charge is 0.477 e. The van der Waals surface area contributed by atoms with E-state index in [1.165, 1.54) is 18.2 Å². The molecule has 1 amide bonds. The van der Waals surface area contributed by atoms with Crippen LogP contribution in [0.1, 0.15) is 23.6 Å². The van der Waals surface area contributed by atoms with Gasteiger partial charge in [0.15, 0.2) is 5.57 Å². The lowest BCUT2D eigenvalue weighted by molar-refractivity contribution is -0.137. The van der Waals surface area contributed by atoms with Crippen LogP contribution in [0, 0.1) is 17.1 Å². The maximum Gasteiger partial charge on any atom is 0.358 e. The van der Waals surface area contributed by atoms with E-state index in [1.807, 2.05) is 6.07 Å². The minimum Gasteiger partial charge on any atom is -0.477 e. The SMILES string of the molecule is CC1=C(C(=O)O)C(=O)[N+](C)(Cc2cccc(F)c2)c2cc(C#N)ccc21. The molecule has 2 aromatic rings. The lowest BCUT2D eigenvalue weighted by Crippen LogP contribution is -2.54. The van der Waals surface area contributed by atoms with Crippen LogP contribution in [0.5, 0.6) is 0 Å². The Bertz CT molecular complexity index is 1020. The van der Waals surface area contributed by atoms with Crippen molar-refractivity contribution < 1.29 is 19.1 Å². The van der Waals surface area contributed by atoms with Gasteiger partial charge in [-0.3, -0.25) is 0 Å². The topological polar surface area (TPSA) is 78.2 Å². The molecular weight excluding hydrogens is 335 g/mol. The smallest absolute Gasteiger partial charge is 0.358 e. The number of nitriles is 1. The molecule has 0 aromatic heterocycles. The van der Waals surface area contributed by atoms with Crippen LogP contribution in [0.2, 0.25) is 0 Å². The number of carbonyl (C=O) groups excluding carboxylic acids is 1. The molecule has 1 heterocycles. The number of carbonyl (C=O) groups is 2. The van der Waals surface area contributed by atoms with Crippen molar-refractivity contribution in [3.8, 4) is 6.07 Å². The molecule has 0 aliphatic carbocycles. The van der Waals surface area contributed by atoms with Crippen LogP contribution >= 0.6 is 0 Å². The first kappa shape index (κ1) is 17.5. The number of hydrogen-bond donors (Lipinski definition) is 1. The molecule has 26 heavy (non-hydrogen) atoms. The Balaban J connectivity index is 2.26. The van der Waals surface area contributed by atoms with Crippen LogP contribution in [0.3, 0.4) is 0 Å². The van der Waals surface area contributed by atoms with Crippen LogP contribution in [-0.4, -0.2) is 24.0 Å². The summed E-state index contributed by atoms with van der Waals surface area (Å²) >= 11 is 0. The fourth-order valence-corrected chi connectivity index (χ4v) is 3.39. The number of amides is 1. The van der Waals surface area contributed by atoms with Crippen LogP contribution in [0.25, 0.3) is 5.57 Å². The lowest BCUT2D eigenvalue weighted by atomic mass is 9.90. The number of likely N-dealkylation sites (N-methyl/N-ethyl adjacent to an activating group) is 1. The summed E-state index contributed by atoms with van der Waals surface area (Å²) in [6.07, 6.45) is 0. The Hall–Kier alpha value is -3.30. The van der Waals surface area contributed by atoms with E-state index in [4.69, 9.17) is 0 Å². The van der Waals surface area contributed by atoms with E-state index >= 15 is 0 Å². The minimum absolute atomic E-state index is 0.0720. The van der Waals surface area contributed by atoms with Gasteiger partial charge in [0.1, 0.15) is 18.0 Å². The first-order chi connectivity index (χ1) is 12.3. The van der Waals surface area contributed by atoms with E-state index in [9.17, 15) is 24.3 Å². The number of aliphatic carboxylic acids is 1. The van der Waals surface area contributed by atoms with Crippen molar-refractivity contribution in [1.29, 1.82) is 5.26 Å². The molecule has 0 fully saturated rings. The number of quaternary nitrogens is 1. The number of halogens is 1. The Morgan fingerprint density at radius 2 is 2.00 bits per heavy atom. The summed E-state index contributed by atoms with van der Waals surface area (Å²) in [5.74, 6) is -2.33. The number of fused-ring (bicyclic) bond motifs is 1. The number of hydrogen-bond acceptors (Lipinski definition) is 3. The van der Waals surface area contributed by atoms with Crippen molar-refractivity contribution in [1.82, 2.24) is 4.48 Å². The Labute approximate surface area is 149 Å². The highest BCUT2D eigenvalue weighted by molar-refractivity contribution is 6.26. The van der Waals surface area contributed by atoms with Gasteiger partial charge in [0.25, 0.3) is 0 Å². The lowest BCUT2D eigenvalue weighted by Gasteiger charge is -2.36. The van der Waals surface area contributed by atoms with E-state index in [-0.39, 0.29) is 16.6 Å². The summed E-state index contributed by atoms with van der Waals surface area (Å²) < 4.78 is 13.2. The molecule has 1 N–H and O–H groups in total. The molecule has 1 aliphatic rings. The monoisotopic (exact) mass is 351 g/mol. The Morgan fingerprint density at radius 3 is 2.62 bits per heavy atom. The summed E-state index contributed by atoms with van der Waals surface area (Å²) in [4.78, 5) is 24.8. The predicted molar refractivity (Wildman–Crippen MR) is 94.2 cm³/mol. The van der Waals surface area contributed by atoms with Gasteiger partial charge in [0.05, 0.1) is 18.7 Å². The highest BCUT2D eigenvalue weighted by atomic mass is 19.1. The van der Waals surface area contributed by atoms with Gasteiger partial charge in [0, 0.05) is 17.2 Å². The molecule has 1 aliphatic heterocycles. The van der Waals surface area contributed by atoms with Gasteiger partial charge in [0.2, 0.25) is 0 Å². The van der Waals surface area contributed by atoms with Crippen molar-refractivity contribution in [2.75, 3.05) is 7.05 Å². The summed E-state index contributed by atoms with van der Waals surface area (Å²) in [6, 6.07) is 12.7. The summed E-state index contributed by atoms with van der Waals surface area (Å²) in [7, 11) is 1.59. The molecule has 0 radical (unpaired) electrons.